The number of aromatic nitrogens is 3. The molecule has 0 aliphatic carbocycles. The van der Waals surface area contributed by atoms with E-state index in [9.17, 15) is 4.79 Å². The fourth-order valence-electron chi connectivity index (χ4n) is 2.47. The number of ether oxygens (including phenoxy) is 2. The Hall–Kier alpha value is -2.48. The molecule has 2 rings (SSSR count). The first kappa shape index (κ1) is 19.8. The molecule has 0 saturated heterocycles. The highest BCUT2D eigenvalue weighted by atomic mass is 32.2. The average molecular weight is 376 g/mol. The van der Waals surface area contributed by atoms with Crippen molar-refractivity contribution in [2.24, 2.45) is 0 Å². The predicted octanol–water partition coefficient (Wildman–Crippen LogP) is 2.54. The molecule has 1 aromatic heterocycles. The van der Waals surface area contributed by atoms with E-state index < -0.39 is 0 Å². The van der Waals surface area contributed by atoms with Gasteiger partial charge in [0.05, 0.1) is 20.0 Å². The lowest BCUT2D eigenvalue weighted by atomic mass is 10.1. The van der Waals surface area contributed by atoms with Crippen LogP contribution in [0.3, 0.4) is 0 Å². The molecule has 0 aliphatic rings. The van der Waals surface area contributed by atoms with Crippen molar-refractivity contribution in [3.63, 3.8) is 0 Å². The number of rotatable bonds is 9. The molecule has 0 saturated carbocycles. The zero-order chi connectivity index (χ0) is 19.1. The molecule has 140 valence electrons. The van der Waals surface area contributed by atoms with E-state index in [4.69, 9.17) is 9.47 Å². The third-order valence-electron chi connectivity index (χ3n) is 3.86. The third kappa shape index (κ3) is 4.57. The van der Waals surface area contributed by atoms with Crippen molar-refractivity contribution in [2.45, 2.75) is 25.2 Å². The molecular formula is C18H24N4O3S. The molecule has 0 unspecified atom stereocenters. The summed E-state index contributed by atoms with van der Waals surface area (Å²) >= 11 is 1.37. The minimum Gasteiger partial charge on any atom is -0.493 e. The van der Waals surface area contributed by atoms with Crippen LogP contribution >= 0.6 is 11.8 Å². The Bertz CT molecular complexity index is 776. The van der Waals surface area contributed by atoms with Gasteiger partial charge in [0, 0.05) is 25.7 Å². The van der Waals surface area contributed by atoms with Crippen molar-refractivity contribution >= 4 is 17.7 Å². The molecule has 2 aromatic rings. The topological polar surface area (TPSA) is 69.5 Å². The number of hydrogen-bond acceptors (Lipinski definition) is 6. The lowest BCUT2D eigenvalue weighted by Crippen LogP contribution is -2.28. The van der Waals surface area contributed by atoms with Crippen LogP contribution < -0.4 is 9.47 Å². The van der Waals surface area contributed by atoms with E-state index in [1.54, 1.807) is 32.2 Å². The number of methoxy groups -OCH3 is 2. The first-order chi connectivity index (χ1) is 12.5. The number of para-hydroxylation sites is 1. The van der Waals surface area contributed by atoms with Crippen molar-refractivity contribution in [3.05, 3.63) is 42.2 Å². The molecule has 0 spiro atoms. The number of nitrogens with zero attached hydrogens (tertiary/aromatic N) is 4. The van der Waals surface area contributed by atoms with Crippen molar-refractivity contribution < 1.29 is 14.3 Å². The van der Waals surface area contributed by atoms with Crippen LogP contribution in [-0.4, -0.2) is 52.6 Å². The van der Waals surface area contributed by atoms with Crippen molar-refractivity contribution in [1.82, 2.24) is 19.7 Å². The van der Waals surface area contributed by atoms with Crippen molar-refractivity contribution in [3.8, 4) is 11.5 Å². The number of hydrogen-bond donors (Lipinski definition) is 0. The molecule has 1 amide bonds. The maximum atomic E-state index is 12.5. The van der Waals surface area contributed by atoms with Gasteiger partial charge in [-0.2, -0.15) is 0 Å². The Kier molecular flexibility index (Phi) is 7.08. The standard InChI is InChI=1S/C18H24N4O3S/c1-6-10-22-13(2)19-20-18(22)26-12-16(23)21(3)11-14-8-7-9-15(24-4)17(14)25-5/h6-9H,1,10-12H2,2-5H3. The summed E-state index contributed by atoms with van der Waals surface area (Å²) in [5, 5.41) is 8.89. The van der Waals surface area contributed by atoms with E-state index in [1.165, 1.54) is 11.8 Å². The van der Waals surface area contributed by atoms with Gasteiger partial charge in [0.25, 0.3) is 0 Å². The summed E-state index contributed by atoms with van der Waals surface area (Å²) in [7, 11) is 4.95. The van der Waals surface area contributed by atoms with Crippen LogP contribution in [0.15, 0.2) is 36.0 Å². The van der Waals surface area contributed by atoms with Crippen LogP contribution in [0.4, 0.5) is 0 Å². The lowest BCUT2D eigenvalue weighted by Gasteiger charge is -2.19. The molecule has 0 atom stereocenters. The second kappa shape index (κ2) is 9.28. The van der Waals surface area contributed by atoms with Gasteiger partial charge in [-0.15, -0.1) is 16.8 Å². The summed E-state index contributed by atoms with van der Waals surface area (Å²) in [4.78, 5) is 14.2. The summed E-state index contributed by atoms with van der Waals surface area (Å²) in [6, 6.07) is 5.63. The number of amides is 1. The van der Waals surface area contributed by atoms with Crippen LogP contribution in [0.5, 0.6) is 11.5 Å². The molecule has 0 N–H and O–H groups in total. The molecular weight excluding hydrogens is 352 g/mol. The van der Waals surface area contributed by atoms with E-state index in [0.29, 0.717) is 29.7 Å². The molecule has 8 heteroatoms. The summed E-state index contributed by atoms with van der Waals surface area (Å²) in [6.07, 6.45) is 1.78. The Balaban J connectivity index is 2.02. The van der Waals surface area contributed by atoms with Gasteiger partial charge in [0.1, 0.15) is 5.82 Å². The smallest absolute Gasteiger partial charge is 0.233 e. The molecule has 0 fully saturated rings. The first-order valence-electron chi connectivity index (χ1n) is 8.09. The molecule has 1 aromatic carbocycles. The highest BCUT2D eigenvalue weighted by Crippen LogP contribution is 2.31. The molecule has 0 aliphatic heterocycles. The van der Waals surface area contributed by atoms with Crippen LogP contribution in [0, 0.1) is 6.92 Å². The molecule has 0 radical (unpaired) electrons. The largest absolute Gasteiger partial charge is 0.493 e. The summed E-state index contributed by atoms with van der Waals surface area (Å²) in [5.41, 5.74) is 0.887. The van der Waals surface area contributed by atoms with E-state index in [-0.39, 0.29) is 11.7 Å². The fraction of sp³-hybridized carbons (Fsp3) is 0.389. The minimum absolute atomic E-state index is 0.00863. The van der Waals surface area contributed by atoms with Gasteiger partial charge in [-0.1, -0.05) is 30.0 Å². The fourth-order valence-corrected chi connectivity index (χ4v) is 3.40. The van der Waals surface area contributed by atoms with Gasteiger partial charge >= 0.3 is 0 Å². The monoisotopic (exact) mass is 376 g/mol. The van der Waals surface area contributed by atoms with E-state index in [0.717, 1.165) is 11.4 Å². The van der Waals surface area contributed by atoms with Gasteiger partial charge < -0.3 is 18.9 Å². The van der Waals surface area contributed by atoms with Gasteiger partial charge in [-0.25, -0.2) is 0 Å². The van der Waals surface area contributed by atoms with Crippen LogP contribution in [0.25, 0.3) is 0 Å². The number of carbonyl (C=O) groups is 1. The maximum Gasteiger partial charge on any atom is 0.233 e. The molecule has 7 nitrogen and oxygen atoms in total. The quantitative estimate of drug-likeness (QED) is 0.495. The van der Waals surface area contributed by atoms with Crippen molar-refractivity contribution in [2.75, 3.05) is 27.0 Å². The zero-order valence-corrected chi connectivity index (χ0v) is 16.4. The second-order valence-corrected chi connectivity index (χ2v) is 6.56. The first-order valence-corrected chi connectivity index (χ1v) is 9.07. The van der Waals surface area contributed by atoms with Crippen LogP contribution in [-0.2, 0) is 17.9 Å². The normalized spacial score (nSPS) is 10.5. The molecule has 0 bridgehead atoms. The Morgan fingerprint density at radius 1 is 1.35 bits per heavy atom. The van der Waals surface area contributed by atoms with E-state index >= 15 is 0 Å². The second-order valence-electron chi connectivity index (χ2n) is 5.62. The van der Waals surface area contributed by atoms with Crippen LogP contribution in [0.1, 0.15) is 11.4 Å². The third-order valence-corrected chi connectivity index (χ3v) is 4.81. The summed E-state index contributed by atoms with van der Waals surface area (Å²) < 4.78 is 12.7. The highest BCUT2D eigenvalue weighted by molar-refractivity contribution is 7.99. The SMILES string of the molecule is C=CCn1c(C)nnc1SCC(=O)N(C)Cc1cccc(OC)c1OC. The Labute approximate surface area is 158 Å². The van der Waals surface area contributed by atoms with E-state index in [1.807, 2.05) is 29.7 Å². The van der Waals surface area contributed by atoms with Gasteiger partial charge in [-0.3, -0.25) is 4.79 Å². The Morgan fingerprint density at radius 3 is 2.77 bits per heavy atom. The zero-order valence-electron chi connectivity index (χ0n) is 15.6. The van der Waals surface area contributed by atoms with Gasteiger partial charge in [0.15, 0.2) is 16.7 Å². The average Bonchev–Trinajstić information content (AvgIpc) is 2.99. The van der Waals surface area contributed by atoms with Crippen molar-refractivity contribution in [1.29, 1.82) is 0 Å². The van der Waals surface area contributed by atoms with E-state index in [2.05, 4.69) is 16.8 Å². The molecule has 1 heterocycles. The van der Waals surface area contributed by atoms with Gasteiger partial charge in [-0.05, 0) is 13.0 Å². The minimum atomic E-state index is -0.00863. The number of thioether (sulfide) groups is 1. The number of allylic oxidation sites excluding steroid dienone is 1. The summed E-state index contributed by atoms with van der Waals surface area (Å²) in [6.45, 7) is 6.66. The predicted molar refractivity (Wildman–Crippen MR) is 102 cm³/mol. The van der Waals surface area contributed by atoms with Gasteiger partial charge in [0.2, 0.25) is 5.91 Å². The number of aryl methyl sites for hydroxylation is 1. The van der Waals surface area contributed by atoms with Crippen LogP contribution in [0.2, 0.25) is 0 Å². The lowest BCUT2D eigenvalue weighted by molar-refractivity contribution is -0.127. The highest BCUT2D eigenvalue weighted by Gasteiger charge is 2.17. The number of carbonyl (C=O) groups excluding carboxylic acids is 1. The summed E-state index contributed by atoms with van der Waals surface area (Å²) in [5.74, 6) is 2.36. The maximum absolute atomic E-state index is 12.5. The Morgan fingerprint density at radius 2 is 2.12 bits per heavy atom. The number of benzene rings is 1. The molecule has 26 heavy (non-hydrogen) atoms.